The van der Waals surface area contributed by atoms with Gasteiger partial charge in [0.1, 0.15) is 16.5 Å². The maximum atomic E-state index is 14.0. The quantitative estimate of drug-likeness (QED) is 0.537. The molecule has 0 amide bonds. The summed E-state index contributed by atoms with van der Waals surface area (Å²) in [5, 5.41) is 0. The second-order valence-corrected chi connectivity index (χ2v) is 10.00. The molecule has 0 aliphatic carbocycles. The molecule has 1 aromatic heterocycles. The van der Waals surface area contributed by atoms with E-state index in [2.05, 4.69) is 33.6 Å². The first-order chi connectivity index (χ1) is 14.8. The Bertz CT molecular complexity index is 968. The van der Waals surface area contributed by atoms with E-state index < -0.39 is 15.7 Å². The van der Waals surface area contributed by atoms with Crippen LogP contribution in [-0.2, 0) is 16.3 Å². The van der Waals surface area contributed by atoms with Gasteiger partial charge >= 0.3 is 0 Å². The molecule has 1 aromatic carbocycles. The Morgan fingerprint density at radius 2 is 1.81 bits per heavy atom. The molecule has 0 radical (unpaired) electrons. The third-order valence-corrected chi connectivity index (χ3v) is 6.69. The lowest BCUT2D eigenvalue weighted by Crippen LogP contribution is -2.50. The maximum Gasteiger partial charge on any atom is 0.225 e. The Kier molecular flexibility index (Phi) is 9.66. The number of aryl methyl sites for hydroxylation is 1. The van der Waals surface area contributed by atoms with Gasteiger partial charge in [-0.05, 0) is 37.5 Å². The third kappa shape index (κ3) is 7.02. The zero-order valence-electron chi connectivity index (χ0n) is 18.8. The SMILES string of the molecule is CCCc1cnc(N2CCN(C(C)CCOc3ccc(S(C)(=O)=O)c(F)c3)CC2)nc1.Cl. The van der Waals surface area contributed by atoms with E-state index in [-0.39, 0.29) is 17.3 Å². The van der Waals surface area contributed by atoms with Crippen molar-refractivity contribution in [3.8, 4) is 5.75 Å². The monoisotopic (exact) mass is 486 g/mol. The summed E-state index contributed by atoms with van der Waals surface area (Å²) in [6.45, 7) is 8.31. The summed E-state index contributed by atoms with van der Waals surface area (Å²) < 4.78 is 42.6. The maximum absolute atomic E-state index is 14.0. The van der Waals surface area contributed by atoms with Crippen molar-refractivity contribution in [3.05, 3.63) is 42.0 Å². The lowest BCUT2D eigenvalue weighted by Gasteiger charge is -2.38. The van der Waals surface area contributed by atoms with Gasteiger partial charge in [-0.15, -0.1) is 12.4 Å². The fraction of sp³-hybridized carbons (Fsp3) is 0.545. The van der Waals surface area contributed by atoms with Crippen molar-refractivity contribution >= 4 is 28.2 Å². The van der Waals surface area contributed by atoms with E-state index in [0.29, 0.717) is 18.4 Å². The predicted molar refractivity (Wildman–Crippen MR) is 126 cm³/mol. The largest absolute Gasteiger partial charge is 0.493 e. The van der Waals surface area contributed by atoms with Gasteiger partial charge in [0.2, 0.25) is 5.95 Å². The Labute approximate surface area is 196 Å². The Morgan fingerprint density at radius 1 is 1.16 bits per heavy atom. The molecule has 3 rings (SSSR count). The molecule has 1 atom stereocenters. The molecule has 7 nitrogen and oxygen atoms in total. The number of anilines is 1. The van der Waals surface area contributed by atoms with Crippen LogP contribution in [0.15, 0.2) is 35.5 Å². The van der Waals surface area contributed by atoms with Crippen LogP contribution in [0.1, 0.15) is 32.3 Å². The summed E-state index contributed by atoms with van der Waals surface area (Å²) in [5.41, 5.74) is 1.17. The van der Waals surface area contributed by atoms with E-state index in [0.717, 1.165) is 63.7 Å². The zero-order valence-corrected chi connectivity index (χ0v) is 20.5. The van der Waals surface area contributed by atoms with Gasteiger partial charge in [-0.2, -0.15) is 0 Å². The molecule has 1 aliphatic rings. The minimum atomic E-state index is -3.58. The first kappa shape index (κ1) is 26.3. The molecule has 1 unspecified atom stereocenters. The molecule has 2 heterocycles. The average molecular weight is 487 g/mol. The molecule has 1 saturated heterocycles. The van der Waals surface area contributed by atoms with Crippen molar-refractivity contribution in [2.45, 2.75) is 44.0 Å². The number of sulfone groups is 1. The van der Waals surface area contributed by atoms with E-state index in [1.54, 1.807) is 0 Å². The van der Waals surface area contributed by atoms with Gasteiger partial charge in [0.25, 0.3) is 0 Å². The summed E-state index contributed by atoms with van der Waals surface area (Å²) >= 11 is 0. The first-order valence-corrected chi connectivity index (χ1v) is 12.6. The van der Waals surface area contributed by atoms with Crippen LogP contribution < -0.4 is 9.64 Å². The van der Waals surface area contributed by atoms with Gasteiger partial charge in [-0.25, -0.2) is 22.8 Å². The molecule has 178 valence electrons. The first-order valence-electron chi connectivity index (χ1n) is 10.7. The Balaban J connectivity index is 0.00000363. The number of rotatable bonds is 9. The number of aromatic nitrogens is 2. The normalized spacial score (nSPS) is 15.8. The highest BCUT2D eigenvalue weighted by molar-refractivity contribution is 7.90. The molecule has 0 spiro atoms. The standard InChI is InChI=1S/C22H31FN4O3S.ClH/c1-4-5-18-15-24-22(25-16-18)27-11-9-26(10-12-27)17(2)8-13-30-19-6-7-21(20(23)14-19)31(3,28)29;/h6-7,14-17H,4-5,8-13H2,1-3H3;1H. The zero-order chi connectivity index (χ0) is 22.4. The van der Waals surface area contributed by atoms with Crippen molar-refractivity contribution < 1.29 is 17.5 Å². The van der Waals surface area contributed by atoms with E-state index in [4.69, 9.17) is 4.74 Å². The molecular weight excluding hydrogens is 455 g/mol. The summed E-state index contributed by atoms with van der Waals surface area (Å²) in [7, 11) is -3.58. The fourth-order valence-corrected chi connectivity index (χ4v) is 4.42. The van der Waals surface area contributed by atoms with Crippen LogP contribution in [0, 0.1) is 5.82 Å². The molecule has 10 heteroatoms. The van der Waals surface area contributed by atoms with Crippen LogP contribution in [0.3, 0.4) is 0 Å². The molecule has 2 aromatic rings. The van der Waals surface area contributed by atoms with Crippen LogP contribution in [0.2, 0.25) is 0 Å². The minimum Gasteiger partial charge on any atom is -0.493 e. The highest BCUT2D eigenvalue weighted by Gasteiger charge is 2.22. The third-order valence-electron chi connectivity index (χ3n) is 5.56. The van der Waals surface area contributed by atoms with Crippen LogP contribution in [-0.4, -0.2) is 68.4 Å². The van der Waals surface area contributed by atoms with Crippen LogP contribution >= 0.6 is 12.4 Å². The molecule has 0 N–H and O–H groups in total. The number of ether oxygens (including phenoxy) is 1. The number of nitrogens with zero attached hydrogens (tertiary/aromatic N) is 4. The van der Waals surface area contributed by atoms with Crippen molar-refractivity contribution in [3.63, 3.8) is 0 Å². The van der Waals surface area contributed by atoms with Gasteiger partial charge in [0.15, 0.2) is 9.84 Å². The molecule has 1 aliphatic heterocycles. The van der Waals surface area contributed by atoms with E-state index in [9.17, 15) is 12.8 Å². The second kappa shape index (κ2) is 11.8. The van der Waals surface area contributed by atoms with Gasteiger partial charge in [-0.1, -0.05) is 13.3 Å². The van der Waals surface area contributed by atoms with Gasteiger partial charge in [-0.3, -0.25) is 4.90 Å². The second-order valence-electron chi connectivity index (χ2n) is 8.01. The van der Waals surface area contributed by atoms with Crippen molar-refractivity contribution in [2.24, 2.45) is 0 Å². The van der Waals surface area contributed by atoms with Crippen LogP contribution in [0.5, 0.6) is 5.75 Å². The van der Waals surface area contributed by atoms with Crippen LogP contribution in [0.4, 0.5) is 10.3 Å². The van der Waals surface area contributed by atoms with E-state index in [1.807, 2.05) is 12.4 Å². The van der Waals surface area contributed by atoms with Crippen LogP contribution in [0.25, 0.3) is 0 Å². The summed E-state index contributed by atoms with van der Waals surface area (Å²) in [4.78, 5) is 13.3. The topological polar surface area (TPSA) is 75.6 Å². The number of hydrogen-bond acceptors (Lipinski definition) is 7. The van der Waals surface area contributed by atoms with E-state index in [1.165, 1.54) is 17.7 Å². The molecular formula is C22H32ClFN4O3S. The number of hydrogen-bond donors (Lipinski definition) is 0. The highest BCUT2D eigenvalue weighted by atomic mass is 35.5. The highest BCUT2D eigenvalue weighted by Crippen LogP contribution is 2.21. The number of benzene rings is 1. The fourth-order valence-electron chi connectivity index (χ4n) is 3.69. The minimum absolute atomic E-state index is 0. The van der Waals surface area contributed by atoms with Gasteiger partial charge in [0, 0.05) is 56.9 Å². The molecule has 32 heavy (non-hydrogen) atoms. The Morgan fingerprint density at radius 3 is 2.38 bits per heavy atom. The average Bonchev–Trinajstić information content (AvgIpc) is 2.74. The molecule has 0 saturated carbocycles. The lowest BCUT2D eigenvalue weighted by atomic mass is 10.2. The van der Waals surface area contributed by atoms with Crippen molar-refractivity contribution in [1.82, 2.24) is 14.9 Å². The summed E-state index contributed by atoms with van der Waals surface area (Å²) in [5.74, 6) is 0.342. The smallest absolute Gasteiger partial charge is 0.225 e. The molecule has 0 bridgehead atoms. The van der Waals surface area contributed by atoms with Gasteiger partial charge in [0.05, 0.1) is 6.61 Å². The number of halogens is 2. The van der Waals surface area contributed by atoms with Crippen molar-refractivity contribution in [2.75, 3.05) is 43.9 Å². The number of piperazine rings is 1. The summed E-state index contributed by atoms with van der Waals surface area (Å²) in [6.07, 6.45) is 7.71. The predicted octanol–water partition coefficient (Wildman–Crippen LogP) is 3.37. The molecule has 1 fully saturated rings. The summed E-state index contributed by atoms with van der Waals surface area (Å²) in [6, 6.07) is 4.19. The lowest BCUT2D eigenvalue weighted by molar-refractivity contribution is 0.165. The van der Waals surface area contributed by atoms with Crippen molar-refractivity contribution in [1.29, 1.82) is 0 Å². The van der Waals surface area contributed by atoms with E-state index >= 15 is 0 Å². The Hall–Kier alpha value is -1.97. The van der Waals surface area contributed by atoms with Gasteiger partial charge < -0.3 is 9.64 Å².